The van der Waals surface area contributed by atoms with Gasteiger partial charge in [0.2, 0.25) is 5.91 Å². The van der Waals surface area contributed by atoms with Gasteiger partial charge < -0.3 is 15.8 Å². The Morgan fingerprint density at radius 1 is 1.42 bits per heavy atom. The molecule has 138 valence electrons. The summed E-state index contributed by atoms with van der Waals surface area (Å²) in [4.78, 5) is 32.2. The molecule has 0 saturated carbocycles. The van der Waals surface area contributed by atoms with Gasteiger partial charge in [-0.25, -0.2) is 14.8 Å². The van der Waals surface area contributed by atoms with Crippen molar-refractivity contribution >= 4 is 46.7 Å². The Labute approximate surface area is 160 Å². The molecule has 0 bridgehead atoms. The first-order valence-electron chi connectivity index (χ1n) is 7.85. The highest BCUT2D eigenvalue weighted by Gasteiger charge is 2.19. The number of amides is 1. The topological polar surface area (TPSA) is 107 Å². The van der Waals surface area contributed by atoms with Gasteiger partial charge in [-0.15, -0.1) is 0 Å². The van der Waals surface area contributed by atoms with Gasteiger partial charge in [-0.05, 0) is 38.5 Å². The summed E-state index contributed by atoms with van der Waals surface area (Å²) in [6.45, 7) is 5.47. The van der Waals surface area contributed by atoms with Crippen LogP contribution in [-0.4, -0.2) is 33.7 Å². The van der Waals surface area contributed by atoms with Crippen LogP contribution >= 0.6 is 23.4 Å². The van der Waals surface area contributed by atoms with E-state index in [9.17, 15) is 9.59 Å². The largest absolute Gasteiger partial charge is 0.462 e. The van der Waals surface area contributed by atoms with E-state index in [-0.39, 0.29) is 23.9 Å². The smallest absolute Gasteiger partial charge is 0.343 e. The summed E-state index contributed by atoms with van der Waals surface area (Å²) in [6, 6.07) is 5.30. The van der Waals surface area contributed by atoms with E-state index in [0.29, 0.717) is 15.9 Å². The molecule has 3 N–H and O–H groups in total. The number of carbonyl (C=O) groups is 2. The van der Waals surface area contributed by atoms with Gasteiger partial charge in [-0.3, -0.25) is 4.79 Å². The van der Waals surface area contributed by atoms with Crippen LogP contribution in [0.25, 0.3) is 0 Å². The lowest BCUT2D eigenvalue weighted by atomic mass is 10.2. The number of hydrogen-bond acceptors (Lipinski definition) is 7. The van der Waals surface area contributed by atoms with E-state index in [1.807, 2.05) is 6.92 Å². The highest BCUT2D eigenvalue weighted by molar-refractivity contribution is 8.00. The minimum atomic E-state index is -0.580. The number of nitrogens with one attached hydrogen (secondary N) is 1. The van der Waals surface area contributed by atoms with Crippen LogP contribution in [0.5, 0.6) is 0 Å². The molecule has 1 heterocycles. The van der Waals surface area contributed by atoms with Crippen LogP contribution in [0.4, 0.5) is 11.5 Å². The predicted molar refractivity (Wildman–Crippen MR) is 103 cm³/mol. The highest BCUT2D eigenvalue weighted by Crippen LogP contribution is 2.26. The molecule has 0 spiro atoms. The van der Waals surface area contributed by atoms with E-state index in [0.717, 1.165) is 17.3 Å². The minimum Gasteiger partial charge on any atom is -0.462 e. The Bertz CT molecular complexity index is 832. The average molecular weight is 395 g/mol. The number of aromatic nitrogens is 2. The van der Waals surface area contributed by atoms with Crippen molar-refractivity contribution in [3.8, 4) is 0 Å². The predicted octanol–water partition coefficient (Wildman–Crippen LogP) is 3.32. The molecule has 0 aliphatic rings. The van der Waals surface area contributed by atoms with Crippen LogP contribution in [0.15, 0.2) is 29.6 Å². The van der Waals surface area contributed by atoms with Crippen molar-refractivity contribution in [1.82, 2.24) is 9.97 Å². The van der Waals surface area contributed by atoms with E-state index < -0.39 is 11.2 Å². The molecular weight excluding hydrogens is 376 g/mol. The van der Waals surface area contributed by atoms with Gasteiger partial charge >= 0.3 is 5.97 Å². The third-order valence-electron chi connectivity index (χ3n) is 3.47. The number of esters is 1. The Kier molecular flexibility index (Phi) is 6.82. The molecule has 2 aromatic rings. The van der Waals surface area contributed by atoms with Crippen molar-refractivity contribution in [2.45, 2.75) is 31.2 Å². The number of anilines is 2. The van der Waals surface area contributed by atoms with Crippen molar-refractivity contribution in [3.63, 3.8) is 0 Å². The highest BCUT2D eigenvalue weighted by atomic mass is 35.5. The van der Waals surface area contributed by atoms with E-state index in [2.05, 4.69) is 15.3 Å². The zero-order valence-corrected chi connectivity index (χ0v) is 16.1. The third kappa shape index (κ3) is 4.86. The van der Waals surface area contributed by atoms with E-state index in [1.54, 1.807) is 32.0 Å². The number of carbonyl (C=O) groups excluding carboxylic acids is 2. The van der Waals surface area contributed by atoms with Crippen molar-refractivity contribution in [3.05, 3.63) is 40.5 Å². The molecule has 0 saturated heterocycles. The van der Waals surface area contributed by atoms with Gasteiger partial charge in [0.25, 0.3) is 0 Å². The lowest BCUT2D eigenvalue weighted by Crippen LogP contribution is -2.23. The zero-order valence-electron chi connectivity index (χ0n) is 14.6. The summed E-state index contributed by atoms with van der Waals surface area (Å²) in [5.74, 6) is -0.792. The minimum absolute atomic E-state index is 0.0132. The van der Waals surface area contributed by atoms with Crippen molar-refractivity contribution in [2.24, 2.45) is 0 Å². The Balaban J connectivity index is 2.06. The number of benzene rings is 1. The van der Waals surface area contributed by atoms with Crippen molar-refractivity contribution < 1.29 is 14.3 Å². The number of nitrogens with two attached hydrogens (primary N) is 1. The molecule has 1 atom stereocenters. The standard InChI is InChI=1S/C17H19ClN4O3S/c1-4-25-16(24)11-8-20-17(22-14(11)19)26-10(3)15(23)21-13-7-5-6-12(18)9(13)2/h5-8,10H,4H2,1-3H3,(H,21,23)(H2,19,20,22). The van der Waals surface area contributed by atoms with Gasteiger partial charge in [0.1, 0.15) is 11.4 Å². The van der Waals surface area contributed by atoms with E-state index in [4.69, 9.17) is 22.1 Å². The number of rotatable bonds is 6. The van der Waals surface area contributed by atoms with Crippen LogP contribution in [0.1, 0.15) is 29.8 Å². The zero-order chi connectivity index (χ0) is 19.3. The quantitative estimate of drug-likeness (QED) is 0.439. The number of thioether (sulfide) groups is 1. The van der Waals surface area contributed by atoms with Crippen LogP contribution in [0.3, 0.4) is 0 Å². The number of halogens is 1. The molecule has 1 amide bonds. The van der Waals surface area contributed by atoms with Gasteiger partial charge in [0, 0.05) is 16.9 Å². The molecule has 1 aromatic carbocycles. The molecule has 0 fully saturated rings. The molecule has 9 heteroatoms. The summed E-state index contributed by atoms with van der Waals surface area (Å²) >= 11 is 7.19. The molecule has 1 aromatic heterocycles. The molecule has 0 aliphatic heterocycles. The summed E-state index contributed by atoms with van der Waals surface area (Å²) in [5.41, 5.74) is 7.32. The van der Waals surface area contributed by atoms with Crippen LogP contribution in [-0.2, 0) is 9.53 Å². The number of nitrogen functional groups attached to an aromatic ring is 1. The summed E-state index contributed by atoms with van der Waals surface area (Å²) in [6.07, 6.45) is 1.30. The lowest BCUT2D eigenvalue weighted by molar-refractivity contribution is -0.115. The number of nitrogens with zero attached hydrogens (tertiary/aromatic N) is 2. The molecule has 0 aliphatic carbocycles. The van der Waals surface area contributed by atoms with Crippen LogP contribution in [0, 0.1) is 6.92 Å². The van der Waals surface area contributed by atoms with E-state index >= 15 is 0 Å². The number of ether oxygens (including phenoxy) is 1. The second-order valence-corrected chi connectivity index (χ2v) is 7.05. The third-order valence-corrected chi connectivity index (χ3v) is 4.85. The van der Waals surface area contributed by atoms with Gasteiger partial charge in [0.05, 0.1) is 11.9 Å². The average Bonchev–Trinajstić information content (AvgIpc) is 2.59. The second kappa shape index (κ2) is 8.86. The molecular formula is C17H19ClN4O3S. The first kappa shape index (κ1) is 20.0. The Morgan fingerprint density at radius 3 is 2.81 bits per heavy atom. The maximum Gasteiger partial charge on any atom is 0.343 e. The molecule has 26 heavy (non-hydrogen) atoms. The maximum atomic E-state index is 12.4. The SMILES string of the molecule is CCOC(=O)c1cnc(SC(C)C(=O)Nc2cccc(Cl)c2C)nc1N. The van der Waals surface area contributed by atoms with Gasteiger partial charge in [-0.2, -0.15) is 0 Å². The second-order valence-electron chi connectivity index (χ2n) is 5.33. The first-order valence-corrected chi connectivity index (χ1v) is 9.11. The lowest BCUT2D eigenvalue weighted by Gasteiger charge is -2.14. The summed E-state index contributed by atoms with van der Waals surface area (Å²) in [5, 5.41) is 3.21. The monoisotopic (exact) mass is 394 g/mol. The van der Waals surface area contributed by atoms with Crippen molar-refractivity contribution in [2.75, 3.05) is 17.7 Å². The maximum absolute atomic E-state index is 12.4. The summed E-state index contributed by atoms with van der Waals surface area (Å²) in [7, 11) is 0. The number of hydrogen-bond donors (Lipinski definition) is 2. The fourth-order valence-corrected chi connectivity index (χ4v) is 2.91. The Morgan fingerprint density at radius 2 is 2.15 bits per heavy atom. The van der Waals surface area contributed by atoms with Gasteiger partial charge in [0.15, 0.2) is 5.16 Å². The van der Waals surface area contributed by atoms with Crippen LogP contribution < -0.4 is 11.1 Å². The van der Waals surface area contributed by atoms with Gasteiger partial charge in [-0.1, -0.05) is 29.4 Å². The van der Waals surface area contributed by atoms with Crippen LogP contribution in [0.2, 0.25) is 5.02 Å². The van der Waals surface area contributed by atoms with Crippen molar-refractivity contribution in [1.29, 1.82) is 0 Å². The van der Waals surface area contributed by atoms with E-state index in [1.165, 1.54) is 6.20 Å². The molecule has 2 rings (SSSR count). The first-order chi connectivity index (χ1) is 12.3. The summed E-state index contributed by atoms with van der Waals surface area (Å²) < 4.78 is 4.87. The Hall–Kier alpha value is -2.32. The molecule has 7 nitrogen and oxygen atoms in total. The fourth-order valence-electron chi connectivity index (χ4n) is 1.99. The normalized spacial score (nSPS) is 11.7. The molecule has 0 radical (unpaired) electrons. The fraction of sp³-hybridized carbons (Fsp3) is 0.294. The molecule has 1 unspecified atom stereocenters.